The number of halogens is 3. The highest BCUT2D eigenvalue weighted by molar-refractivity contribution is 6.31. The van der Waals surface area contributed by atoms with E-state index < -0.39 is 11.6 Å². The minimum atomic E-state index is -0.718. The summed E-state index contributed by atoms with van der Waals surface area (Å²) in [6, 6.07) is 8.59. The predicted molar refractivity (Wildman–Crippen MR) is 90.7 cm³/mol. The van der Waals surface area contributed by atoms with Gasteiger partial charge in [0.05, 0.1) is 23.5 Å². The van der Waals surface area contributed by atoms with Crippen molar-refractivity contribution in [3.8, 4) is 5.69 Å². The first-order chi connectivity index (χ1) is 12.6. The van der Waals surface area contributed by atoms with Crippen LogP contribution in [0.5, 0.6) is 0 Å². The van der Waals surface area contributed by atoms with Crippen LogP contribution >= 0.6 is 11.6 Å². The number of rotatable bonds is 3. The Kier molecular flexibility index (Phi) is 4.23. The summed E-state index contributed by atoms with van der Waals surface area (Å²) >= 11 is 6.13. The van der Waals surface area contributed by atoms with Crippen LogP contribution in [-0.4, -0.2) is 25.7 Å². The average Bonchev–Trinajstić information content (AvgIpc) is 2.93. The number of aromatic nitrogens is 3. The third kappa shape index (κ3) is 2.68. The number of hydroxylamine groups is 1. The molecule has 0 fully saturated rings. The van der Waals surface area contributed by atoms with Crippen LogP contribution in [0.1, 0.15) is 22.8 Å². The Morgan fingerprint density at radius 3 is 2.65 bits per heavy atom. The Morgan fingerprint density at radius 2 is 1.92 bits per heavy atom. The second kappa shape index (κ2) is 6.56. The lowest BCUT2D eigenvalue weighted by molar-refractivity contribution is 0.158. The third-order valence-corrected chi connectivity index (χ3v) is 4.30. The van der Waals surface area contributed by atoms with Crippen LogP contribution in [0.3, 0.4) is 0 Å². The van der Waals surface area contributed by atoms with E-state index in [0.717, 1.165) is 0 Å². The van der Waals surface area contributed by atoms with E-state index in [1.54, 1.807) is 22.8 Å². The summed E-state index contributed by atoms with van der Waals surface area (Å²) in [4.78, 5) is 4.38. The summed E-state index contributed by atoms with van der Waals surface area (Å²) in [6.07, 6.45) is 0. The summed E-state index contributed by atoms with van der Waals surface area (Å²) in [5.74, 6) is -0.531. The molecule has 26 heavy (non-hydrogen) atoms. The monoisotopic (exact) mass is 375 g/mol. The first-order valence-electron chi connectivity index (χ1n) is 7.69. The van der Waals surface area contributed by atoms with E-state index in [4.69, 9.17) is 16.8 Å². The molecule has 132 valence electrons. The van der Waals surface area contributed by atoms with Crippen LogP contribution in [0, 0.1) is 11.6 Å². The molecule has 0 amide bonds. The van der Waals surface area contributed by atoms with Gasteiger partial charge >= 0.3 is 0 Å². The molecule has 1 aromatic heterocycles. The highest BCUT2D eigenvalue weighted by Crippen LogP contribution is 2.29. The fraction of sp³-hybridized carbons (Fsp3) is 0.118. The first-order valence-corrected chi connectivity index (χ1v) is 8.07. The van der Waals surface area contributed by atoms with Crippen LogP contribution in [-0.2, 0) is 13.1 Å². The Bertz CT molecular complexity index is 1010. The zero-order valence-electron chi connectivity index (χ0n) is 13.2. The number of nitrogens with zero attached hydrogens (tertiary/aromatic N) is 4. The Labute approximate surface area is 151 Å². The summed E-state index contributed by atoms with van der Waals surface area (Å²) in [5.41, 5.74) is 2.97. The van der Waals surface area contributed by atoms with Crippen molar-refractivity contribution < 1.29 is 14.0 Å². The van der Waals surface area contributed by atoms with Crippen molar-refractivity contribution in [3.63, 3.8) is 0 Å². The van der Waals surface area contributed by atoms with Crippen LogP contribution in [0.15, 0.2) is 41.4 Å². The first kappa shape index (κ1) is 16.8. The van der Waals surface area contributed by atoms with E-state index in [0.29, 0.717) is 27.9 Å². The van der Waals surface area contributed by atoms with Gasteiger partial charge in [0, 0.05) is 10.6 Å². The summed E-state index contributed by atoms with van der Waals surface area (Å²) in [7, 11) is 0. The largest absolute Gasteiger partial charge is 0.316 e. The fourth-order valence-corrected chi connectivity index (χ4v) is 3.16. The number of hydrogen-bond acceptors (Lipinski definition) is 5. The van der Waals surface area contributed by atoms with E-state index in [2.05, 4.69) is 15.2 Å². The highest BCUT2D eigenvalue weighted by Gasteiger charge is 2.26. The number of fused-ring (bicyclic) bond motifs is 3. The molecule has 6 nitrogen and oxygen atoms in total. The van der Waals surface area contributed by atoms with Gasteiger partial charge in [-0.1, -0.05) is 17.7 Å². The quantitative estimate of drug-likeness (QED) is 0.690. The van der Waals surface area contributed by atoms with Crippen LogP contribution in [0.4, 0.5) is 8.78 Å². The van der Waals surface area contributed by atoms with Gasteiger partial charge in [0.2, 0.25) is 0 Å². The molecule has 1 aliphatic rings. The average molecular weight is 376 g/mol. The van der Waals surface area contributed by atoms with E-state index in [1.165, 1.54) is 18.2 Å². The van der Waals surface area contributed by atoms with Gasteiger partial charge in [-0.05, 0) is 30.3 Å². The lowest BCUT2D eigenvalue weighted by Gasteiger charge is -2.14. The summed E-state index contributed by atoms with van der Waals surface area (Å²) in [6.45, 7) is 0.103. The minimum Gasteiger partial charge on any atom is -0.316 e. The zero-order valence-corrected chi connectivity index (χ0v) is 14.0. The predicted octanol–water partition coefficient (Wildman–Crippen LogP) is 3.03. The molecule has 0 radical (unpaired) electrons. The third-order valence-electron chi connectivity index (χ3n) is 4.07. The number of aliphatic imine (C=N–C) groups is 1. The Balaban J connectivity index is 2.00. The molecule has 1 aliphatic heterocycles. The Hall–Kier alpha value is -2.68. The molecule has 0 bridgehead atoms. The fourth-order valence-electron chi connectivity index (χ4n) is 2.99. The van der Waals surface area contributed by atoms with Gasteiger partial charge < -0.3 is 5.21 Å². The molecule has 0 aliphatic carbocycles. The lowest BCUT2D eigenvalue weighted by Crippen LogP contribution is -2.15. The second-order valence-corrected chi connectivity index (χ2v) is 6.06. The maximum Gasteiger partial charge on any atom is 0.159 e. The smallest absolute Gasteiger partial charge is 0.159 e. The molecular formula is C17H12ClF2N5O. The maximum absolute atomic E-state index is 14.4. The van der Waals surface area contributed by atoms with Gasteiger partial charge in [-0.2, -0.15) is 5.48 Å². The molecule has 2 N–H and O–H groups in total. The van der Waals surface area contributed by atoms with Crippen LogP contribution < -0.4 is 5.48 Å². The topological polar surface area (TPSA) is 75.3 Å². The molecule has 2 heterocycles. The second-order valence-electron chi connectivity index (χ2n) is 5.63. The van der Waals surface area contributed by atoms with Gasteiger partial charge in [-0.3, -0.25) is 9.56 Å². The number of nitrogens with one attached hydrogen (secondary N) is 1. The van der Waals surface area contributed by atoms with Gasteiger partial charge in [-0.15, -0.1) is 10.2 Å². The molecule has 2 aromatic carbocycles. The van der Waals surface area contributed by atoms with E-state index in [-0.39, 0.29) is 24.4 Å². The zero-order chi connectivity index (χ0) is 18.3. The molecule has 3 aromatic rings. The van der Waals surface area contributed by atoms with Crippen molar-refractivity contribution in [2.45, 2.75) is 13.1 Å². The number of benzene rings is 2. The van der Waals surface area contributed by atoms with Gasteiger partial charge in [0.1, 0.15) is 18.2 Å². The Morgan fingerprint density at radius 1 is 1.15 bits per heavy atom. The van der Waals surface area contributed by atoms with Crippen LogP contribution in [0.25, 0.3) is 5.69 Å². The molecule has 9 heteroatoms. The highest BCUT2D eigenvalue weighted by atomic mass is 35.5. The van der Waals surface area contributed by atoms with Crippen LogP contribution in [0.2, 0.25) is 5.02 Å². The number of hydrogen-bond donors (Lipinski definition) is 2. The van der Waals surface area contributed by atoms with Crippen molar-refractivity contribution in [2.24, 2.45) is 4.99 Å². The maximum atomic E-state index is 14.4. The van der Waals surface area contributed by atoms with E-state index in [9.17, 15) is 8.78 Å². The van der Waals surface area contributed by atoms with Crippen molar-refractivity contribution in [2.75, 3.05) is 0 Å². The molecule has 0 spiro atoms. The minimum absolute atomic E-state index is 0.0401. The van der Waals surface area contributed by atoms with Gasteiger partial charge in [0.25, 0.3) is 0 Å². The lowest BCUT2D eigenvalue weighted by atomic mass is 9.99. The summed E-state index contributed by atoms with van der Waals surface area (Å²) in [5, 5.41) is 17.5. The standard InChI is InChI=1S/C17H12ClF2N5O/c18-9-4-5-13-10(6-9)17(16-11(19)2-1-3-12(16)20)21-7-14-23-24-15(8-22-26)25(13)14/h1-6,22,26H,7-8H2. The molecule has 0 unspecified atom stereocenters. The molecular weight excluding hydrogens is 364 g/mol. The van der Waals surface area contributed by atoms with E-state index >= 15 is 0 Å². The molecule has 4 rings (SSSR count). The van der Waals surface area contributed by atoms with Crippen molar-refractivity contribution >= 4 is 17.3 Å². The van der Waals surface area contributed by atoms with Crippen molar-refractivity contribution in [3.05, 3.63) is 75.8 Å². The SMILES string of the molecule is ONCc1nnc2n1-c1ccc(Cl)cc1C(c1c(F)cccc1F)=NC2. The molecule has 0 saturated heterocycles. The van der Waals surface area contributed by atoms with E-state index in [1.807, 2.05) is 5.48 Å². The van der Waals surface area contributed by atoms with Crippen molar-refractivity contribution in [1.29, 1.82) is 0 Å². The van der Waals surface area contributed by atoms with Gasteiger partial charge in [0.15, 0.2) is 11.6 Å². The summed E-state index contributed by atoms with van der Waals surface area (Å²) < 4.78 is 30.5. The normalized spacial score (nSPS) is 13.0. The molecule has 0 saturated carbocycles. The molecule has 0 atom stereocenters. The van der Waals surface area contributed by atoms with Gasteiger partial charge in [-0.25, -0.2) is 8.78 Å². The van der Waals surface area contributed by atoms with Crippen molar-refractivity contribution in [1.82, 2.24) is 20.2 Å².